The topological polar surface area (TPSA) is 9.23 Å². The molecule has 0 aromatic carbocycles. The summed E-state index contributed by atoms with van der Waals surface area (Å²) in [6.07, 6.45) is 4.04. The highest BCUT2D eigenvalue weighted by Gasteiger charge is 2.32. The van der Waals surface area contributed by atoms with Crippen molar-refractivity contribution < 1.29 is 4.74 Å². The second kappa shape index (κ2) is 6.42. The molecule has 1 fully saturated rings. The minimum atomic E-state index is 0.531. The second-order valence-electron chi connectivity index (χ2n) is 4.36. The van der Waals surface area contributed by atoms with Crippen molar-refractivity contribution in [2.75, 3.05) is 13.2 Å². The van der Waals surface area contributed by atoms with Gasteiger partial charge in [-0.25, -0.2) is 0 Å². The maximum atomic E-state index is 5.20. The maximum absolute atomic E-state index is 5.20. The van der Waals surface area contributed by atoms with Crippen molar-refractivity contribution in [3.8, 4) is 0 Å². The SMILES string of the molecule is CC.CCC(C)CCC1(C)COC1. The zero-order chi connectivity index (χ0) is 10.3. The van der Waals surface area contributed by atoms with Gasteiger partial charge in [-0.05, 0) is 12.3 Å². The zero-order valence-corrected chi connectivity index (χ0v) is 10.0. The van der Waals surface area contributed by atoms with Crippen molar-refractivity contribution in [2.45, 2.75) is 53.9 Å². The Bertz CT molecular complexity index is 116. The zero-order valence-electron chi connectivity index (χ0n) is 10.0. The van der Waals surface area contributed by atoms with E-state index in [1.807, 2.05) is 13.8 Å². The van der Waals surface area contributed by atoms with Crippen LogP contribution in [0.1, 0.15) is 53.9 Å². The quantitative estimate of drug-likeness (QED) is 0.647. The van der Waals surface area contributed by atoms with Crippen molar-refractivity contribution in [1.82, 2.24) is 0 Å². The molecule has 1 aliphatic rings. The molecule has 0 amide bonds. The van der Waals surface area contributed by atoms with Gasteiger partial charge in [0.25, 0.3) is 0 Å². The minimum absolute atomic E-state index is 0.531. The van der Waals surface area contributed by atoms with E-state index in [0.29, 0.717) is 5.41 Å². The molecular weight excluding hydrogens is 160 g/mol. The second-order valence-corrected chi connectivity index (χ2v) is 4.36. The van der Waals surface area contributed by atoms with E-state index in [1.54, 1.807) is 0 Å². The molecule has 1 saturated heterocycles. The molecule has 80 valence electrons. The van der Waals surface area contributed by atoms with Gasteiger partial charge >= 0.3 is 0 Å². The third-order valence-corrected chi connectivity index (χ3v) is 2.84. The van der Waals surface area contributed by atoms with Crippen LogP contribution in [-0.2, 0) is 4.74 Å². The molecule has 0 aromatic heterocycles. The van der Waals surface area contributed by atoms with Crippen molar-refractivity contribution in [2.24, 2.45) is 11.3 Å². The van der Waals surface area contributed by atoms with Crippen molar-refractivity contribution in [1.29, 1.82) is 0 Å². The maximum Gasteiger partial charge on any atom is 0.0542 e. The van der Waals surface area contributed by atoms with Gasteiger partial charge in [-0.1, -0.05) is 47.5 Å². The van der Waals surface area contributed by atoms with Crippen LogP contribution in [0, 0.1) is 11.3 Å². The van der Waals surface area contributed by atoms with Crippen LogP contribution in [0.25, 0.3) is 0 Å². The van der Waals surface area contributed by atoms with Gasteiger partial charge in [-0.2, -0.15) is 0 Å². The van der Waals surface area contributed by atoms with Crippen LogP contribution >= 0.6 is 0 Å². The Kier molecular flexibility index (Phi) is 6.40. The fourth-order valence-corrected chi connectivity index (χ4v) is 1.39. The largest absolute Gasteiger partial charge is 0.380 e. The van der Waals surface area contributed by atoms with Crippen LogP contribution in [0.4, 0.5) is 0 Å². The third-order valence-electron chi connectivity index (χ3n) is 2.84. The first-order chi connectivity index (χ1) is 6.16. The van der Waals surface area contributed by atoms with Gasteiger partial charge in [0.05, 0.1) is 13.2 Å². The van der Waals surface area contributed by atoms with Gasteiger partial charge in [0.2, 0.25) is 0 Å². The lowest BCUT2D eigenvalue weighted by atomic mass is 9.81. The van der Waals surface area contributed by atoms with Gasteiger partial charge in [0, 0.05) is 5.41 Å². The van der Waals surface area contributed by atoms with E-state index in [-0.39, 0.29) is 0 Å². The lowest BCUT2D eigenvalue weighted by Gasteiger charge is -2.38. The summed E-state index contributed by atoms with van der Waals surface area (Å²) in [6, 6.07) is 0. The van der Waals surface area contributed by atoms with Crippen LogP contribution in [0.3, 0.4) is 0 Å². The average molecular weight is 186 g/mol. The molecule has 1 heterocycles. The fraction of sp³-hybridized carbons (Fsp3) is 1.00. The molecule has 0 bridgehead atoms. The summed E-state index contributed by atoms with van der Waals surface area (Å²) in [5.74, 6) is 0.896. The Morgan fingerprint density at radius 3 is 2.15 bits per heavy atom. The molecule has 13 heavy (non-hydrogen) atoms. The third kappa shape index (κ3) is 4.66. The Hall–Kier alpha value is -0.0400. The molecule has 1 unspecified atom stereocenters. The smallest absolute Gasteiger partial charge is 0.0542 e. The van der Waals surface area contributed by atoms with Crippen LogP contribution < -0.4 is 0 Å². The molecule has 1 aliphatic heterocycles. The summed E-state index contributed by atoms with van der Waals surface area (Å²) < 4.78 is 5.20. The molecule has 0 aliphatic carbocycles. The minimum Gasteiger partial charge on any atom is -0.380 e. The highest BCUT2D eigenvalue weighted by molar-refractivity contribution is 4.80. The molecule has 0 saturated carbocycles. The Labute approximate surface area is 83.9 Å². The number of ether oxygens (including phenoxy) is 1. The first-order valence-electron chi connectivity index (χ1n) is 5.74. The van der Waals surface area contributed by atoms with Crippen molar-refractivity contribution in [3.05, 3.63) is 0 Å². The van der Waals surface area contributed by atoms with E-state index >= 15 is 0 Å². The first-order valence-corrected chi connectivity index (χ1v) is 5.74. The van der Waals surface area contributed by atoms with Crippen molar-refractivity contribution >= 4 is 0 Å². The number of hydrogen-bond acceptors (Lipinski definition) is 1. The van der Waals surface area contributed by atoms with E-state index in [1.165, 1.54) is 19.3 Å². The summed E-state index contributed by atoms with van der Waals surface area (Å²) in [7, 11) is 0. The monoisotopic (exact) mass is 186 g/mol. The van der Waals surface area contributed by atoms with Crippen LogP contribution in [0.2, 0.25) is 0 Å². The highest BCUT2D eigenvalue weighted by atomic mass is 16.5. The van der Waals surface area contributed by atoms with E-state index in [4.69, 9.17) is 4.74 Å². The molecule has 0 N–H and O–H groups in total. The average Bonchev–Trinajstić information content (AvgIpc) is 2.14. The standard InChI is InChI=1S/C10H20O.C2H6/c1-4-9(2)5-6-10(3)7-11-8-10;1-2/h9H,4-8H2,1-3H3;1-2H3. The molecule has 1 nitrogen and oxygen atoms in total. The summed E-state index contributed by atoms with van der Waals surface area (Å²) in [5.41, 5.74) is 0.531. The van der Waals surface area contributed by atoms with Crippen LogP contribution in [0.5, 0.6) is 0 Å². The van der Waals surface area contributed by atoms with E-state index in [9.17, 15) is 0 Å². The predicted molar refractivity (Wildman–Crippen MR) is 59.0 cm³/mol. The van der Waals surface area contributed by atoms with E-state index < -0.39 is 0 Å². The number of hydrogen-bond donors (Lipinski definition) is 0. The first kappa shape index (κ1) is 13.0. The Balaban J connectivity index is 0.000000671. The van der Waals surface area contributed by atoms with Crippen molar-refractivity contribution in [3.63, 3.8) is 0 Å². The molecule has 1 heteroatoms. The summed E-state index contributed by atoms with van der Waals surface area (Å²) in [4.78, 5) is 0. The predicted octanol–water partition coefficient (Wildman–Crippen LogP) is 3.88. The van der Waals surface area contributed by atoms with Gasteiger partial charge < -0.3 is 4.74 Å². The molecule has 1 rings (SSSR count). The van der Waals surface area contributed by atoms with Gasteiger partial charge in [0.15, 0.2) is 0 Å². The lowest BCUT2D eigenvalue weighted by Crippen LogP contribution is -2.39. The molecule has 1 atom stereocenters. The van der Waals surface area contributed by atoms with E-state index in [2.05, 4.69) is 20.8 Å². The Morgan fingerprint density at radius 2 is 1.85 bits per heavy atom. The summed E-state index contributed by atoms with van der Waals surface area (Å²) in [5, 5.41) is 0. The molecular formula is C12H26O. The van der Waals surface area contributed by atoms with Gasteiger partial charge in [0.1, 0.15) is 0 Å². The summed E-state index contributed by atoms with van der Waals surface area (Å²) >= 11 is 0. The summed E-state index contributed by atoms with van der Waals surface area (Å²) in [6.45, 7) is 12.9. The lowest BCUT2D eigenvalue weighted by molar-refractivity contribution is -0.107. The molecule has 0 aromatic rings. The van der Waals surface area contributed by atoms with E-state index in [0.717, 1.165) is 19.1 Å². The molecule has 0 radical (unpaired) electrons. The normalized spacial score (nSPS) is 21.0. The van der Waals surface area contributed by atoms with Crippen LogP contribution in [-0.4, -0.2) is 13.2 Å². The fourth-order valence-electron chi connectivity index (χ4n) is 1.39. The van der Waals surface area contributed by atoms with Gasteiger partial charge in [-0.15, -0.1) is 0 Å². The van der Waals surface area contributed by atoms with Gasteiger partial charge in [-0.3, -0.25) is 0 Å². The number of rotatable bonds is 4. The Morgan fingerprint density at radius 1 is 1.31 bits per heavy atom. The molecule has 0 spiro atoms. The highest BCUT2D eigenvalue weighted by Crippen LogP contribution is 2.33. The van der Waals surface area contributed by atoms with Crippen LogP contribution in [0.15, 0.2) is 0 Å².